The van der Waals surface area contributed by atoms with Crippen LogP contribution < -0.4 is 5.32 Å². The number of aryl methyl sites for hydroxylation is 1. The lowest BCUT2D eigenvalue weighted by molar-refractivity contribution is -0.120. The molecule has 2 aliphatic rings. The number of hydrogen-bond acceptors (Lipinski definition) is 4. The Labute approximate surface area is 172 Å². The average Bonchev–Trinajstić information content (AvgIpc) is 2.97. The van der Waals surface area contributed by atoms with E-state index >= 15 is 0 Å². The number of nitrogens with one attached hydrogen (secondary N) is 2. The molecule has 2 heterocycles. The first kappa shape index (κ1) is 20.1. The van der Waals surface area contributed by atoms with Gasteiger partial charge in [0.15, 0.2) is 0 Å². The third-order valence-corrected chi connectivity index (χ3v) is 6.88. The van der Waals surface area contributed by atoms with Crippen LogP contribution in [0.5, 0.6) is 0 Å². The highest BCUT2D eigenvalue weighted by atomic mass is 16.3. The van der Waals surface area contributed by atoms with Crippen LogP contribution in [0.1, 0.15) is 42.6 Å². The van der Waals surface area contributed by atoms with Crippen molar-refractivity contribution in [3.05, 3.63) is 53.6 Å². The van der Waals surface area contributed by atoms with Crippen molar-refractivity contribution in [3.63, 3.8) is 0 Å². The Morgan fingerprint density at radius 2 is 2.17 bits per heavy atom. The first-order valence-corrected chi connectivity index (χ1v) is 10.8. The van der Waals surface area contributed by atoms with Gasteiger partial charge in [-0.05, 0) is 37.3 Å². The Bertz CT molecular complexity index is 836. The smallest absolute Gasteiger partial charge is 0.226 e. The first-order chi connectivity index (χ1) is 14.1. The van der Waals surface area contributed by atoms with Crippen molar-refractivity contribution in [2.24, 2.45) is 11.3 Å². The molecule has 0 unspecified atom stereocenters. The summed E-state index contributed by atoms with van der Waals surface area (Å²) in [6, 6.07) is 10.5. The van der Waals surface area contributed by atoms with Gasteiger partial charge in [-0.2, -0.15) is 0 Å². The van der Waals surface area contributed by atoms with E-state index in [0.29, 0.717) is 6.54 Å². The van der Waals surface area contributed by atoms with Crippen LogP contribution in [0.25, 0.3) is 0 Å². The molecule has 0 radical (unpaired) electrons. The quantitative estimate of drug-likeness (QED) is 0.639. The number of benzene rings is 1. The predicted octanol–water partition coefficient (Wildman–Crippen LogP) is 2.25. The molecule has 4 atom stereocenters. The average molecular weight is 397 g/mol. The number of unbranched alkanes of at least 4 members (excludes halogenated alkanes) is 1. The number of hydrogen-bond donors (Lipinski definition) is 3. The number of aromatic amines is 1. The number of nitrogens with zero attached hydrogens (tertiary/aromatic N) is 2. The largest absolute Gasteiger partial charge is 0.391 e. The van der Waals surface area contributed by atoms with Crippen LogP contribution in [0.15, 0.2) is 36.7 Å². The van der Waals surface area contributed by atoms with E-state index in [2.05, 4.69) is 51.4 Å². The van der Waals surface area contributed by atoms with Gasteiger partial charge < -0.3 is 20.3 Å². The molecule has 1 aliphatic carbocycles. The lowest BCUT2D eigenvalue weighted by Gasteiger charge is -2.16. The molecule has 3 N–H and O–H groups in total. The summed E-state index contributed by atoms with van der Waals surface area (Å²) in [5.41, 5.74) is 2.85. The number of likely N-dealkylation sites (tertiary alicyclic amines) is 1. The van der Waals surface area contributed by atoms with Crippen molar-refractivity contribution in [1.29, 1.82) is 0 Å². The summed E-state index contributed by atoms with van der Waals surface area (Å²) in [6.45, 7) is 7.41. The summed E-state index contributed by atoms with van der Waals surface area (Å²) < 4.78 is 0. The number of β-amino-alcohol motifs (C(OH)–C–C–N with tert-alkyl or cyclic N) is 1. The van der Waals surface area contributed by atoms with Crippen LogP contribution in [0.2, 0.25) is 0 Å². The van der Waals surface area contributed by atoms with E-state index in [1.165, 1.54) is 5.56 Å². The monoisotopic (exact) mass is 396 g/mol. The number of imidazole rings is 1. The molecule has 2 fully saturated rings. The van der Waals surface area contributed by atoms with Crippen molar-refractivity contribution < 1.29 is 9.90 Å². The molecule has 1 aromatic carbocycles. The number of aliphatic hydroxyl groups excluding tert-OH is 1. The summed E-state index contributed by atoms with van der Waals surface area (Å²) in [6.07, 6.45) is 3.88. The van der Waals surface area contributed by atoms with E-state index in [4.69, 9.17) is 0 Å². The molecule has 156 valence electrons. The van der Waals surface area contributed by atoms with Crippen LogP contribution in [0.3, 0.4) is 0 Å². The summed E-state index contributed by atoms with van der Waals surface area (Å²) >= 11 is 0. The van der Waals surface area contributed by atoms with E-state index in [9.17, 15) is 9.90 Å². The first-order valence-electron chi connectivity index (χ1n) is 10.8. The molecular weight excluding hydrogens is 364 g/mol. The number of carbonyl (C=O) groups is 1. The van der Waals surface area contributed by atoms with Crippen molar-refractivity contribution in [2.45, 2.75) is 45.1 Å². The van der Waals surface area contributed by atoms with Crippen molar-refractivity contribution in [1.82, 2.24) is 20.2 Å². The minimum Gasteiger partial charge on any atom is -0.391 e. The molecular formula is C23H32N4O2. The lowest BCUT2D eigenvalue weighted by atomic mass is 9.95. The molecule has 6 heteroatoms. The van der Waals surface area contributed by atoms with Gasteiger partial charge in [-0.25, -0.2) is 4.98 Å². The number of amides is 1. The molecule has 29 heavy (non-hydrogen) atoms. The van der Waals surface area contributed by atoms with Crippen molar-refractivity contribution in [2.75, 3.05) is 26.2 Å². The van der Waals surface area contributed by atoms with Crippen molar-refractivity contribution in [3.8, 4) is 0 Å². The van der Waals surface area contributed by atoms with E-state index in [0.717, 1.165) is 43.9 Å². The van der Waals surface area contributed by atoms with Crippen LogP contribution in [0.4, 0.5) is 0 Å². The topological polar surface area (TPSA) is 81.2 Å². The molecule has 1 aliphatic heterocycles. The van der Waals surface area contributed by atoms with Gasteiger partial charge in [0.1, 0.15) is 0 Å². The lowest BCUT2D eigenvalue weighted by Crippen LogP contribution is -2.31. The molecule has 1 saturated carbocycles. The maximum atomic E-state index is 12.5. The van der Waals surface area contributed by atoms with Crippen LogP contribution >= 0.6 is 0 Å². The minimum absolute atomic E-state index is 0.00983. The zero-order valence-electron chi connectivity index (χ0n) is 17.4. The molecule has 1 amide bonds. The maximum absolute atomic E-state index is 12.5. The van der Waals surface area contributed by atoms with Gasteiger partial charge in [0, 0.05) is 30.7 Å². The SMILES string of the molecule is CCCCN1C[C@@H](O)[C@@]2(C1)[C@H](CNC(=O)Cc1nc[nH]c1C)[C@H]2c1ccccc1. The Morgan fingerprint density at radius 1 is 1.38 bits per heavy atom. The van der Waals surface area contributed by atoms with E-state index < -0.39 is 0 Å². The zero-order chi connectivity index (χ0) is 20.4. The standard InChI is InChI=1S/C23H32N4O2/c1-3-4-10-27-13-20(28)23(14-27)18(22(23)17-8-6-5-7-9-17)12-24-21(29)11-19-16(2)25-15-26-19/h5-9,15,18,20,22,28H,3-4,10-14H2,1-2H3,(H,24,29)(H,25,26)/t18-,20-,22-,23-/m1/s1. The Kier molecular flexibility index (Phi) is 5.74. The Morgan fingerprint density at radius 3 is 2.86 bits per heavy atom. The Balaban J connectivity index is 1.45. The highest BCUT2D eigenvalue weighted by Gasteiger charge is 2.70. The maximum Gasteiger partial charge on any atom is 0.226 e. The zero-order valence-corrected chi connectivity index (χ0v) is 17.4. The van der Waals surface area contributed by atoms with Gasteiger partial charge >= 0.3 is 0 Å². The molecule has 2 aromatic rings. The molecule has 1 aromatic heterocycles. The molecule has 1 spiro atoms. The van der Waals surface area contributed by atoms with Gasteiger partial charge in [-0.3, -0.25) is 4.79 Å². The third kappa shape index (κ3) is 3.83. The second-order valence-corrected chi connectivity index (χ2v) is 8.67. The van der Waals surface area contributed by atoms with Gasteiger partial charge in [-0.15, -0.1) is 0 Å². The number of aliphatic hydroxyl groups is 1. The minimum atomic E-state index is -0.347. The third-order valence-electron chi connectivity index (χ3n) is 6.88. The molecule has 4 rings (SSSR count). The van der Waals surface area contributed by atoms with Crippen LogP contribution in [-0.4, -0.2) is 58.2 Å². The summed E-state index contributed by atoms with van der Waals surface area (Å²) in [4.78, 5) is 22.1. The fraction of sp³-hybridized carbons (Fsp3) is 0.565. The normalized spacial score (nSPS) is 28.7. The van der Waals surface area contributed by atoms with Gasteiger partial charge in [0.25, 0.3) is 0 Å². The molecule has 0 bridgehead atoms. The van der Waals surface area contributed by atoms with Crippen LogP contribution in [0, 0.1) is 18.3 Å². The molecule has 6 nitrogen and oxygen atoms in total. The summed E-state index contributed by atoms with van der Waals surface area (Å²) in [5, 5.41) is 14.1. The van der Waals surface area contributed by atoms with Gasteiger partial charge in [-0.1, -0.05) is 43.7 Å². The fourth-order valence-corrected chi connectivity index (χ4v) is 5.25. The van der Waals surface area contributed by atoms with Crippen molar-refractivity contribution >= 4 is 5.91 Å². The van der Waals surface area contributed by atoms with Crippen LogP contribution in [-0.2, 0) is 11.2 Å². The van der Waals surface area contributed by atoms with E-state index in [1.54, 1.807) is 6.33 Å². The highest BCUT2D eigenvalue weighted by molar-refractivity contribution is 5.78. The molecule has 1 saturated heterocycles. The summed E-state index contributed by atoms with van der Waals surface area (Å²) in [7, 11) is 0. The van der Waals surface area contributed by atoms with Gasteiger partial charge in [0.2, 0.25) is 5.91 Å². The second-order valence-electron chi connectivity index (χ2n) is 8.67. The van der Waals surface area contributed by atoms with Gasteiger partial charge in [0.05, 0.1) is 24.5 Å². The fourth-order valence-electron chi connectivity index (χ4n) is 5.25. The summed E-state index contributed by atoms with van der Waals surface area (Å²) in [5.74, 6) is 0.540. The number of rotatable bonds is 8. The highest BCUT2D eigenvalue weighted by Crippen LogP contribution is 2.68. The predicted molar refractivity (Wildman–Crippen MR) is 112 cm³/mol. The number of aromatic nitrogens is 2. The second kappa shape index (κ2) is 8.28. The number of H-pyrrole nitrogens is 1. The van der Waals surface area contributed by atoms with E-state index in [1.807, 2.05) is 13.0 Å². The Hall–Kier alpha value is -2.18. The number of carbonyl (C=O) groups excluding carboxylic acids is 1. The van der Waals surface area contributed by atoms with E-state index in [-0.39, 0.29) is 35.7 Å².